The van der Waals surface area contributed by atoms with Crippen molar-refractivity contribution in [1.82, 2.24) is 14.8 Å². The van der Waals surface area contributed by atoms with Crippen LogP contribution in [0, 0.1) is 0 Å². The van der Waals surface area contributed by atoms with E-state index in [1.807, 2.05) is 35.2 Å². The molecule has 200 valence electrons. The molecule has 5 rings (SSSR count). The molecule has 2 aliphatic heterocycles. The maximum absolute atomic E-state index is 13.1. The molecule has 3 heterocycles. The molecule has 0 aliphatic carbocycles. The number of nitrogens with one attached hydrogen (secondary N) is 1. The van der Waals surface area contributed by atoms with Crippen molar-refractivity contribution in [2.45, 2.75) is 24.9 Å². The Labute approximate surface area is 222 Å². The van der Waals surface area contributed by atoms with Crippen LogP contribution in [0.15, 0.2) is 60.0 Å². The van der Waals surface area contributed by atoms with Gasteiger partial charge in [0.15, 0.2) is 0 Å². The second kappa shape index (κ2) is 11.0. The van der Waals surface area contributed by atoms with Crippen molar-refractivity contribution in [3.63, 3.8) is 0 Å². The highest BCUT2D eigenvalue weighted by molar-refractivity contribution is 7.09. The number of nitrogens with zero attached hydrogens (tertiary/aromatic N) is 4. The summed E-state index contributed by atoms with van der Waals surface area (Å²) in [4.78, 5) is 35.6. The van der Waals surface area contributed by atoms with Gasteiger partial charge in [-0.3, -0.25) is 4.79 Å². The van der Waals surface area contributed by atoms with Gasteiger partial charge in [-0.2, -0.15) is 13.2 Å². The Kier molecular flexibility index (Phi) is 7.55. The lowest BCUT2D eigenvalue weighted by atomic mass is 9.98. The van der Waals surface area contributed by atoms with E-state index < -0.39 is 11.7 Å². The minimum Gasteiger partial charge on any atom is -0.368 e. The largest absolute Gasteiger partial charge is 0.416 e. The van der Waals surface area contributed by atoms with Crippen LogP contribution in [0.1, 0.15) is 39.8 Å². The topological polar surface area (TPSA) is 68.8 Å². The van der Waals surface area contributed by atoms with Crippen molar-refractivity contribution in [3.05, 3.63) is 76.2 Å². The molecule has 0 atom stereocenters. The Bertz CT molecular complexity index is 1270. The van der Waals surface area contributed by atoms with Crippen LogP contribution in [0.4, 0.5) is 29.3 Å². The zero-order chi connectivity index (χ0) is 26.7. The Hall–Kier alpha value is -3.60. The third-order valence-electron chi connectivity index (χ3n) is 7.00. The number of alkyl halides is 3. The Morgan fingerprint density at radius 3 is 2.29 bits per heavy atom. The van der Waals surface area contributed by atoms with E-state index in [2.05, 4.69) is 10.3 Å². The number of amides is 3. The fraction of sp³-hybridized carbons (Fsp3) is 0.370. The van der Waals surface area contributed by atoms with E-state index in [4.69, 9.17) is 0 Å². The summed E-state index contributed by atoms with van der Waals surface area (Å²) >= 11 is 1.47. The molecule has 0 radical (unpaired) electrons. The standard InChI is InChI=1S/C27H28F3N5O2S/c28-27(29,30)20-5-4-8-22(17-20)33-13-15-34(16-14-33)25(36)23-18-38-24(32-23)19-9-11-35(12-10-19)26(37)31-21-6-2-1-3-7-21/h1-8,17-19H,9-16H2,(H,31,37). The van der Waals surface area contributed by atoms with Gasteiger partial charge in [-0.15, -0.1) is 11.3 Å². The Balaban J connectivity index is 1.12. The number of likely N-dealkylation sites (tertiary alicyclic amines) is 1. The molecule has 2 fully saturated rings. The number of piperidine rings is 1. The predicted octanol–water partition coefficient (Wildman–Crippen LogP) is 5.54. The van der Waals surface area contributed by atoms with Gasteiger partial charge < -0.3 is 20.0 Å². The summed E-state index contributed by atoms with van der Waals surface area (Å²) in [6.45, 7) is 2.96. The van der Waals surface area contributed by atoms with Crippen molar-refractivity contribution < 1.29 is 22.8 Å². The number of carbonyl (C=O) groups excluding carboxylic acids is 2. The third-order valence-corrected chi connectivity index (χ3v) is 8.01. The predicted molar refractivity (Wildman–Crippen MR) is 141 cm³/mol. The number of halogens is 3. The molecule has 0 unspecified atom stereocenters. The van der Waals surface area contributed by atoms with Gasteiger partial charge in [-0.25, -0.2) is 9.78 Å². The monoisotopic (exact) mass is 543 g/mol. The van der Waals surface area contributed by atoms with Gasteiger partial charge in [0.05, 0.1) is 10.6 Å². The summed E-state index contributed by atoms with van der Waals surface area (Å²) in [6, 6.07) is 14.5. The number of aromatic nitrogens is 1. The first-order chi connectivity index (χ1) is 18.3. The second-order valence-electron chi connectivity index (χ2n) is 9.46. The lowest BCUT2D eigenvalue weighted by Crippen LogP contribution is -2.49. The number of urea groups is 1. The molecule has 11 heteroatoms. The molecule has 2 aromatic carbocycles. The highest BCUT2D eigenvalue weighted by Gasteiger charge is 2.32. The van der Waals surface area contributed by atoms with Crippen molar-refractivity contribution in [2.24, 2.45) is 0 Å². The fourth-order valence-corrected chi connectivity index (χ4v) is 5.80. The minimum absolute atomic E-state index is 0.117. The van der Waals surface area contributed by atoms with Crippen molar-refractivity contribution in [3.8, 4) is 0 Å². The Morgan fingerprint density at radius 1 is 0.895 bits per heavy atom. The van der Waals surface area contributed by atoms with Gasteiger partial charge in [-0.1, -0.05) is 24.3 Å². The number of piperazine rings is 1. The zero-order valence-corrected chi connectivity index (χ0v) is 21.5. The van der Waals surface area contributed by atoms with Crippen LogP contribution in [0.2, 0.25) is 0 Å². The molecule has 1 aromatic heterocycles. The SMILES string of the molecule is O=C(Nc1ccccc1)N1CCC(c2nc(C(=O)N3CCN(c4cccc(C(F)(F)F)c4)CC3)cs2)CC1. The molecular weight excluding hydrogens is 515 g/mol. The second-order valence-corrected chi connectivity index (χ2v) is 10.3. The van der Waals surface area contributed by atoms with Gasteiger partial charge in [0.25, 0.3) is 5.91 Å². The molecule has 2 saturated heterocycles. The minimum atomic E-state index is -4.39. The van der Waals surface area contributed by atoms with Crippen LogP contribution in [0.5, 0.6) is 0 Å². The third kappa shape index (κ3) is 5.93. The van der Waals surface area contributed by atoms with E-state index in [0.717, 1.165) is 35.7 Å². The van der Waals surface area contributed by atoms with E-state index in [9.17, 15) is 22.8 Å². The van der Waals surface area contributed by atoms with Crippen molar-refractivity contribution in [2.75, 3.05) is 49.5 Å². The van der Waals surface area contributed by atoms with Gasteiger partial charge in [0, 0.05) is 61.9 Å². The van der Waals surface area contributed by atoms with Crippen molar-refractivity contribution in [1.29, 1.82) is 0 Å². The molecule has 0 saturated carbocycles. The first kappa shape index (κ1) is 26.0. The maximum atomic E-state index is 13.1. The molecule has 38 heavy (non-hydrogen) atoms. The van der Waals surface area contributed by atoms with Gasteiger partial charge in [0.1, 0.15) is 5.69 Å². The van der Waals surface area contributed by atoms with Gasteiger partial charge in [-0.05, 0) is 43.2 Å². The zero-order valence-electron chi connectivity index (χ0n) is 20.7. The van der Waals surface area contributed by atoms with E-state index in [-0.39, 0.29) is 17.9 Å². The normalized spacial score (nSPS) is 17.0. The molecule has 0 bridgehead atoms. The number of thiazole rings is 1. The highest BCUT2D eigenvalue weighted by Crippen LogP contribution is 2.33. The van der Waals surface area contributed by atoms with E-state index in [1.165, 1.54) is 17.4 Å². The number of rotatable bonds is 4. The van der Waals surface area contributed by atoms with Crippen LogP contribution < -0.4 is 10.2 Å². The average molecular weight is 544 g/mol. The van der Waals surface area contributed by atoms with E-state index in [1.54, 1.807) is 21.2 Å². The highest BCUT2D eigenvalue weighted by atomic mass is 32.1. The summed E-state index contributed by atoms with van der Waals surface area (Å²) in [5.41, 5.74) is 0.998. The summed E-state index contributed by atoms with van der Waals surface area (Å²) in [5.74, 6) is 0.0379. The Morgan fingerprint density at radius 2 is 1.61 bits per heavy atom. The van der Waals surface area contributed by atoms with Crippen LogP contribution in [-0.2, 0) is 6.18 Å². The van der Waals surface area contributed by atoms with E-state index in [0.29, 0.717) is 50.6 Å². The lowest BCUT2D eigenvalue weighted by molar-refractivity contribution is -0.137. The van der Waals surface area contributed by atoms with Crippen molar-refractivity contribution >= 4 is 34.6 Å². The number of anilines is 2. The molecular formula is C27H28F3N5O2S. The van der Waals surface area contributed by atoms with Crippen LogP contribution in [0.3, 0.4) is 0 Å². The fourth-order valence-electron chi connectivity index (χ4n) is 4.84. The summed E-state index contributed by atoms with van der Waals surface area (Å²) in [5, 5.41) is 5.60. The number of benzene rings is 2. The van der Waals surface area contributed by atoms with Gasteiger partial charge >= 0.3 is 12.2 Å². The maximum Gasteiger partial charge on any atom is 0.416 e. The molecule has 0 spiro atoms. The van der Waals surface area contributed by atoms with Crippen LogP contribution in [0.25, 0.3) is 0 Å². The number of hydrogen-bond acceptors (Lipinski definition) is 5. The number of carbonyl (C=O) groups is 2. The summed E-state index contributed by atoms with van der Waals surface area (Å²) in [6.07, 6.45) is -2.83. The molecule has 3 amide bonds. The molecule has 7 nitrogen and oxygen atoms in total. The summed E-state index contributed by atoms with van der Waals surface area (Å²) < 4.78 is 39.2. The molecule has 3 aromatic rings. The van der Waals surface area contributed by atoms with Crippen LogP contribution in [-0.4, -0.2) is 66.0 Å². The quantitative estimate of drug-likeness (QED) is 0.470. The van der Waals surface area contributed by atoms with Crippen LogP contribution >= 0.6 is 11.3 Å². The summed E-state index contributed by atoms with van der Waals surface area (Å²) in [7, 11) is 0. The molecule has 2 aliphatic rings. The van der Waals surface area contributed by atoms with Gasteiger partial charge in [0.2, 0.25) is 0 Å². The first-order valence-electron chi connectivity index (χ1n) is 12.6. The van der Waals surface area contributed by atoms with E-state index >= 15 is 0 Å². The smallest absolute Gasteiger partial charge is 0.368 e. The number of para-hydroxylation sites is 1. The first-order valence-corrected chi connectivity index (χ1v) is 13.4. The lowest BCUT2D eigenvalue weighted by Gasteiger charge is -2.36. The number of hydrogen-bond donors (Lipinski definition) is 1. The molecule has 1 N–H and O–H groups in total. The average Bonchev–Trinajstić information content (AvgIpc) is 3.43.